The normalized spacial score (nSPS) is 13.5. The first-order valence-corrected chi connectivity index (χ1v) is 7.78. The molecule has 1 aromatic rings. The van der Waals surface area contributed by atoms with E-state index in [4.69, 9.17) is 38.4 Å². The van der Waals surface area contributed by atoms with E-state index < -0.39 is 5.54 Å². The lowest BCUT2D eigenvalue weighted by Crippen LogP contribution is -2.48. The monoisotopic (exact) mass is 348 g/mol. The van der Waals surface area contributed by atoms with Crippen LogP contribution in [0.15, 0.2) is 12.1 Å². The first kappa shape index (κ1) is 19.0. The summed E-state index contributed by atoms with van der Waals surface area (Å²) >= 11 is 12.3. The molecule has 7 heteroatoms. The van der Waals surface area contributed by atoms with Crippen LogP contribution in [0.4, 0.5) is 5.69 Å². The first-order valence-electron chi connectivity index (χ1n) is 7.03. The van der Waals surface area contributed by atoms with Crippen molar-refractivity contribution < 1.29 is 14.3 Å². The molecule has 0 aliphatic carbocycles. The second kappa shape index (κ2) is 8.58. The molecule has 0 bridgehead atoms. The molecule has 0 aliphatic heterocycles. The Bertz CT molecular complexity index is 499. The number of methoxy groups -OCH3 is 1. The molecule has 0 spiro atoms. The van der Waals surface area contributed by atoms with Gasteiger partial charge in [-0.05, 0) is 25.5 Å². The highest BCUT2D eigenvalue weighted by Gasteiger charge is 2.27. The Morgan fingerprint density at radius 1 is 1.32 bits per heavy atom. The van der Waals surface area contributed by atoms with Crippen molar-refractivity contribution in [1.82, 2.24) is 0 Å². The lowest BCUT2D eigenvalue weighted by atomic mass is 9.96. The van der Waals surface area contributed by atoms with Crippen LogP contribution >= 0.6 is 23.2 Å². The Kier molecular flexibility index (Phi) is 7.42. The number of rotatable bonds is 8. The van der Waals surface area contributed by atoms with Gasteiger partial charge in [0.1, 0.15) is 6.61 Å². The predicted molar refractivity (Wildman–Crippen MR) is 90.0 cm³/mol. The highest BCUT2D eigenvalue weighted by molar-refractivity contribution is 6.37. The number of halogens is 2. The molecule has 1 unspecified atom stereocenters. The maximum absolute atomic E-state index is 12.2. The Hall–Kier alpha value is -1.01. The number of hydrogen-bond acceptors (Lipinski definition) is 4. The summed E-state index contributed by atoms with van der Waals surface area (Å²) in [6, 6.07) is 3.16. The third-order valence-corrected chi connectivity index (χ3v) is 3.64. The first-order chi connectivity index (χ1) is 10.3. The average Bonchev–Trinajstić information content (AvgIpc) is 2.41. The van der Waals surface area contributed by atoms with Gasteiger partial charge in [0.05, 0.1) is 22.2 Å². The van der Waals surface area contributed by atoms with Crippen molar-refractivity contribution in [2.45, 2.75) is 32.2 Å². The van der Waals surface area contributed by atoms with Gasteiger partial charge in [-0.15, -0.1) is 0 Å². The van der Waals surface area contributed by atoms with E-state index in [1.165, 1.54) is 0 Å². The molecule has 124 valence electrons. The summed E-state index contributed by atoms with van der Waals surface area (Å²) in [6.45, 7) is 4.42. The topological polar surface area (TPSA) is 73.6 Å². The summed E-state index contributed by atoms with van der Waals surface area (Å²) in [6.07, 6.45) is 1.40. The number of anilines is 1. The number of ether oxygens (including phenoxy) is 2. The van der Waals surface area contributed by atoms with Gasteiger partial charge in [-0.2, -0.15) is 0 Å². The smallest absolute Gasteiger partial charge is 0.244 e. The van der Waals surface area contributed by atoms with E-state index in [2.05, 4.69) is 5.32 Å². The lowest BCUT2D eigenvalue weighted by Gasteiger charge is -2.23. The van der Waals surface area contributed by atoms with E-state index in [0.717, 1.165) is 6.42 Å². The molecule has 0 saturated carbocycles. The maximum Gasteiger partial charge on any atom is 0.244 e. The molecule has 22 heavy (non-hydrogen) atoms. The van der Waals surface area contributed by atoms with Crippen LogP contribution in [0.3, 0.4) is 0 Å². The average molecular weight is 349 g/mol. The summed E-state index contributed by atoms with van der Waals surface area (Å²) < 4.78 is 10.3. The lowest BCUT2D eigenvalue weighted by molar-refractivity contribution is -0.120. The van der Waals surface area contributed by atoms with Crippen LogP contribution in [0.25, 0.3) is 0 Å². The van der Waals surface area contributed by atoms with Crippen molar-refractivity contribution in [3.05, 3.63) is 22.2 Å². The molecule has 0 fully saturated rings. The van der Waals surface area contributed by atoms with Gasteiger partial charge in [0, 0.05) is 12.8 Å². The van der Waals surface area contributed by atoms with E-state index in [0.29, 0.717) is 41.1 Å². The second-order valence-electron chi connectivity index (χ2n) is 5.23. The zero-order chi connectivity index (χ0) is 16.8. The number of hydrogen-bond donors (Lipinski definition) is 2. The van der Waals surface area contributed by atoms with E-state index in [1.807, 2.05) is 6.92 Å². The number of benzene rings is 1. The molecule has 0 aromatic heterocycles. The number of amides is 1. The van der Waals surface area contributed by atoms with Crippen molar-refractivity contribution in [2.75, 3.05) is 25.6 Å². The second-order valence-corrected chi connectivity index (χ2v) is 6.05. The fraction of sp³-hybridized carbons (Fsp3) is 0.533. The Balaban J connectivity index is 2.84. The summed E-state index contributed by atoms with van der Waals surface area (Å²) in [5.74, 6) is 0.0805. The molecule has 3 N–H and O–H groups in total. The summed E-state index contributed by atoms with van der Waals surface area (Å²) in [5.41, 5.74) is 5.52. The van der Waals surface area contributed by atoms with Gasteiger partial charge in [0.15, 0.2) is 5.75 Å². The van der Waals surface area contributed by atoms with Crippen LogP contribution in [-0.2, 0) is 9.53 Å². The van der Waals surface area contributed by atoms with Gasteiger partial charge in [-0.3, -0.25) is 4.79 Å². The summed E-state index contributed by atoms with van der Waals surface area (Å²) in [5, 5.41) is 3.36. The number of carbonyl (C=O) groups is 1. The minimum absolute atomic E-state index is 0.283. The molecule has 0 saturated heterocycles. The molecule has 1 rings (SSSR count). The molecule has 1 aromatic carbocycles. The fourth-order valence-electron chi connectivity index (χ4n) is 1.90. The highest BCUT2D eigenvalue weighted by atomic mass is 35.5. The molecule has 1 atom stereocenters. The Morgan fingerprint density at radius 3 is 2.41 bits per heavy atom. The number of carbonyl (C=O) groups excluding carboxylic acids is 1. The fourth-order valence-corrected chi connectivity index (χ4v) is 2.50. The zero-order valence-corrected chi connectivity index (χ0v) is 14.6. The van der Waals surface area contributed by atoms with Crippen molar-refractivity contribution in [3.63, 3.8) is 0 Å². The largest absolute Gasteiger partial charge is 0.488 e. The van der Waals surface area contributed by atoms with Gasteiger partial charge in [-0.25, -0.2) is 0 Å². The minimum Gasteiger partial charge on any atom is -0.488 e. The molecule has 0 heterocycles. The van der Waals surface area contributed by atoms with Gasteiger partial charge in [-0.1, -0.05) is 36.5 Å². The van der Waals surface area contributed by atoms with Gasteiger partial charge in [0.2, 0.25) is 5.91 Å². The van der Waals surface area contributed by atoms with Gasteiger partial charge < -0.3 is 20.5 Å². The van der Waals surface area contributed by atoms with Crippen molar-refractivity contribution in [2.24, 2.45) is 5.73 Å². The Morgan fingerprint density at radius 2 is 1.91 bits per heavy atom. The van der Waals surface area contributed by atoms with Crippen LogP contribution in [-0.4, -0.2) is 31.8 Å². The molecule has 5 nitrogen and oxygen atoms in total. The molecular weight excluding hydrogens is 327 g/mol. The third-order valence-electron chi connectivity index (χ3n) is 3.08. The minimum atomic E-state index is -0.943. The van der Waals surface area contributed by atoms with Crippen LogP contribution in [0, 0.1) is 0 Å². The molecule has 0 radical (unpaired) electrons. The Labute approximate surface area is 141 Å². The summed E-state index contributed by atoms with van der Waals surface area (Å²) in [7, 11) is 1.57. The molecular formula is C15H22Cl2N2O3. The molecule has 1 amide bonds. The van der Waals surface area contributed by atoms with Crippen LogP contribution in [0.5, 0.6) is 5.75 Å². The van der Waals surface area contributed by atoms with Crippen LogP contribution < -0.4 is 15.8 Å². The van der Waals surface area contributed by atoms with Crippen molar-refractivity contribution >= 4 is 34.8 Å². The maximum atomic E-state index is 12.2. The standard InChI is InChI=1S/C15H22Cl2N2O3/c1-4-5-15(2,18)14(20)19-10-8-11(16)13(12(17)9-10)22-7-6-21-3/h8-9H,4-7,18H2,1-3H3,(H,19,20). The zero-order valence-electron chi connectivity index (χ0n) is 13.0. The SMILES string of the molecule is CCCC(C)(N)C(=O)Nc1cc(Cl)c(OCCOC)c(Cl)c1. The number of nitrogens with one attached hydrogen (secondary N) is 1. The number of nitrogens with two attached hydrogens (primary N) is 1. The predicted octanol–water partition coefficient (Wildman–Crippen LogP) is 3.47. The third kappa shape index (κ3) is 5.32. The summed E-state index contributed by atoms with van der Waals surface area (Å²) in [4.78, 5) is 12.2. The van der Waals surface area contributed by atoms with Crippen molar-refractivity contribution in [1.29, 1.82) is 0 Å². The highest BCUT2D eigenvalue weighted by Crippen LogP contribution is 2.36. The van der Waals surface area contributed by atoms with Gasteiger partial charge >= 0.3 is 0 Å². The van der Waals surface area contributed by atoms with Crippen LogP contribution in [0.1, 0.15) is 26.7 Å². The van der Waals surface area contributed by atoms with E-state index in [9.17, 15) is 4.79 Å². The van der Waals surface area contributed by atoms with E-state index in [-0.39, 0.29) is 5.91 Å². The van der Waals surface area contributed by atoms with E-state index >= 15 is 0 Å². The van der Waals surface area contributed by atoms with Gasteiger partial charge in [0.25, 0.3) is 0 Å². The van der Waals surface area contributed by atoms with Crippen molar-refractivity contribution in [3.8, 4) is 5.75 Å². The quantitative estimate of drug-likeness (QED) is 0.705. The van der Waals surface area contributed by atoms with Crippen LogP contribution in [0.2, 0.25) is 10.0 Å². The molecule has 0 aliphatic rings. The van der Waals surface area contributed by atoms with E-state index in [1.54, 1.807) is 26.2 Å².